The van der Waals surface area contributed by atoms with E-state index in [1.807, 2.05) is 6.07 Å². The molecule has 2 amide bonds. The number of hydrogen-bond acceptors (Lipinski definition) is 5. The maximum Gasteiger partial charge on any atom is 0.337 e. The number of rotatable bonds is 6. The van der Waals surface area contributed by atoms with Crippen LogP contribution in [0.2, 0.25) is 10.0 Å². The zero-order chi connectivity index (χ0) is 24.9. The first-order chi connectivity index (χ1) is 16.8. The second-order valence-corrected chi connectivity index (χ2v) is 8.48. The summed E-state index contributed by atoms with van der Waals surface area (Å²) in [5.74, 6) is -0.577. The lowest BCUT2D eigenvalue weighted by atomic mass is 10.1. The fourth-order valence-electron chi connectivity index (χ4n) is 3.54. The molecule has 7 nitrogen and oxygen atoms in total. The van der Waals surface area contributed by atoms with E-state index in [-0.39, 0.29) is 25.0 Å². The Bertz CT molecular complexity index is 1340. The summed E-state index contributed by atoms with van der Waals surface area (Å²) < 4.78 is 10.3. The standard InChI is InChI=1S/C26H20Cl2N2O5/c1-34-26(33)18-4-2-3-16(11-18)14-30-22-13-20(8-9-23(22)35-15-25(30)32)29-24(31)10-6-17-5-7-19(27)12-21(17)28/h2-13H,14-15H2,1H3,(H,29,31)/b10-6+. The van der Waals surface area contributed by atoms with E-state index in [0.717, 1.165) is 5.56 Å². The molecule has 1 aliphatic heterocycles. The molecule has 0 radical (unpaired) electrons. The molecule has 9 heteroatoms. The molecule has 178 valence electrons. The molecular formula is C26H20Cl2N2O5. The van der Waals surface area contributed by atoms with Crippen molar-refractivity contribution in [1.29, 1.82) is 0 Å². The fraction of sp³-hybridized carbons (Fsp3) is 0.115. The molecule has 3 aromatic rings. The van der Waals surface area contributed by atoms with Crippen LogP contribution in [0.4, 0.5) is 11.4 Å². The van der Waals surface area contributed by atoms with Gasteiger partial charge in [0.05, 0.1) is 24.9 Å². The molecule has 1 heterocycles. The summed E-state index contributed by atoms with van der Waals surface area (Å²) in [7, 11) is 1.31. The van der Waals surface area contributed by atoms with Crippen LogP contribution in [0.1, 0.15) is 21.5 Å². The second-order valence-electron chi connectivity index (χ2n) is 7.63. The molecule has 0 unspecified atom stereocenters. The Morgan fingerprint density at radius 2 is 1.94 bits per heavy atom. The fourth-order valence-corrected chi connectivity index (χ4v) is 4.01. The first-order valence-corrected chi connectivity index (χ1v) is 11.3. The van der Waals surface area contributed by atoms with Gasteiger partial charge < -0.3 is 19.7 Å². The smallest absolute Gasteiger partial charge is 0.337 e. The molecule has 0 atom stereocenters. The van der Waals surface area contributed by atoms with Crippen molar-refractivity contribution in [2.24, 2.45) is 0 Å². The third kappa shape index (κ3) is 5.82. The van der Waals surface area contributed by atoms with Crippen LogP contribution in [0.5, 0.6) is 5.75 Å². The number of nitrogens with zero attached hydrogens (tertiary/aromatic N) is 1. The first kappa shape index (κ1) is 24.3. The van der Waals surface area contributed by atoms with Gasteiger partial charge in [-0.2, -0.15) is 0 Å². The number of ether oxygens (including phenoxy) is 2. The topological polar surface area (TPSA) is 84.9 Å². The van der Waals surface area contributed by atoms with Crippen LogP contribution < -0.4 is 15.0 Å². The Morgan fingerprint density at radius 1 is 1.11 bits per heavy atom. The third-order valence-corrected chi connectivity index (χ3v) is 5.80. The molecule has 0 fully saturated rings. The van der Waals surface area contributed by atoms with Gasteiger partial charge >= 0.3 is 5.97 Å². The SMILES string of the molecule is COC(=O)c1cccc(CN2C(=O)COc3ccc(NC(=O)/C=C/c4ccc(Cl)cc4Cl)cc32)c1. The Morgan fingerprint density at radius 3 is 2.71 bits per heavy atom. The molecule has 0 saturated carbocycles. The van der Waals surface area contributed by atoms with Gasteiger partial charge in [-0.25, -0.2) is 4.79 Å². The van der Waals surface area contributed by atoms with Crippen molar-refractivity contribution < 1.29 is 23.9 Å². The van der Waals surface area contributed by atoms with E-state index in [4.69, 9.17) is 32.7 Å². The van der Waals surface area contributed by atoms with Gasteiger partial charge in [0, 0.05) is 21.8 Å². The van der Waals surface area contributed by atoms with Crippen molar-refractivity contribution in [1.82, 2.24) is 0 Å². The summed E-state index contributed by atoms with van der Waals surface area (Å²) in [6.45, 7) is 0.104. The maximum atomic E-state index is 12.7. The van der Waals surface area contributed by atoms with Crippen LogP contribution in [0.15, 0.2) is 66.7 Å². The third-order valence-electron chi connectivity index (χ3n) is 5.24. The van der Waals surface area contributed by atoms with E-state index >= 15 is 0 Å². The van der Waals surface area contributed by atoms with Crippen molar-refractivity contribution in [3.8, 4) is 5.75 Å². The predicted octanol–water partition coefficient (Wildman–Crippen LogP) is 5.36. The van der Waals surface area contributed by atoms with Crippen molar-refractivity contribution in [3.05, 3.63) is 93.5 Å². The summed E-state index contributed by atoms with van der Waals surface area (Å²) in [6.07, 6.45) is 2.94. The second kappa shape index (κ2) is 10.6. The van der Waals surface area contributed by atoms with Gasteiger partial charge in [0.25, 0.3) is 5.91 Å². The minimum atomic E-state index is -0.460. The summed E-state index contributed by atoms with van der Waals surface area (Å²) in [4.78, 5) is 38.6. The average Bonchev–Trinajstić information content (AvgIpc) is 2.85. The predicted molar refractivity (Wildman–Crippen MR) is 135 cm³/mol. The number of hydrogen-bond donors (Lipinski definition) is 1. The van der Waals surface area contributed by atoms with Crippen molar-refractivity contribution >= 4 is 58.4 Å². The Labute approximate surface area is 211 Å². The highest BCUT2D eigenvalue weighted by Gasteiger charge is 2.26. The van der Waals surface area contributed by atoms with Crippen LogP contribution in [0.3, 0.4) is 0 Å². The number of esters is 1. The highest BCUT2D eigenvalue weighted by atomic mass is 35.5. The van der Waals surface area contributed by atoms with Gasteiger partial charge in [-0.05, 0) is 59.7 Å². The van der Waals surface area contributed by atoms with Crippen LogP contribution in [0.25, 0.3) is 6.08 Å². The van der Waals surface area contributed by atoms with Crippen molar-refractivity contribution in [2.75, 3.05) is 23.9 Å². The molecular weight excluding hydrogens is 491 g/mol. The highest BCUT2D eigenvalue weighted by molar-refractivity contribution is 6.35. The lowest BCUT2D eigenvalue weighted by molar-refractivity contribution is -0.121. The van der Waals surface area contributed by atoms with Crippen molar-refractivity contribution in [3.63, 3.8) is 0 Å². The minimum absolute atomic E-state index is 0.111. The number of halogens is 2. The molecule has 0 bridgehead atoms. The van der Waals surface area contributed by atoms with Crippen LogP contribution >= 0.6 is 23.2 Å². The number of carbonyl (C=O) groups excluding carboxylic acids is 3. The molecule has 1 N–H and O–H groups in total. The van der Waals surface area contributed by atoms with E-state index in [1.54, 1.807) is 65.6 Å². The molecule has 0 spiro atoms. The van der Waals surface area contributed by atoms with Gasteiger partial charge in [-0.1, -0.05) is 41.4 Å². The summed E-state index contributed by atoms with van der Waals surface area (Å²) >= 11 is 12.0. The number of benzene rings is 3. The molecule has 0 saturated heterocycles. The van der Waals surface area contributed by atoms with Crippen LogP contribution in [-0.2, 0) is 20.9 Å². The lowest BCUT2D eigenvalue weighted by Crippen LogP contribution is -2.38. The molecule has 35 heavy (non-hydrogen) atoms. The molecule has 1 aliphatic rings. The maximum absolute atomic E-state index is 12.7. The van der Waals surface area contributed by atoms with E-state index < -0.39 is 5.97 Å². The monoisotopic (exact) mass is 510 g/mol. The molecule has 3 aromatic carbocycles. The van der Waals surface area contributed by atoms with Gasteiger partial charge in [0.1, 0.15) is 5.75 Å². The first-order valence-electron chi connectivity index (χ1n) is 10.5. The number of amides is 2. The van der Waals surface area contributed by atoms with Gasteiger partial charge in [-0.3, -0.25) is 9.59 Å². The number of fused-ring (bicyclic) bond motifs is 1. The van der Waals surface area contributed by atoms with Crippen molar-refractivity contribution in [2.45, 2.75) is 6.54 Å². The zero-order valence-corrected chi connectivity index (χ0v) is 20.1. The summed E-state index contributed by atoms with van der Waals surface area (Å²) in [5.41, 5.74) is 2.77. The van der Waals surface area contributed by atoms with E-state index in [1.165, 1.54) is 13.2 Å². The molecule has 0 aliphatic carbocycles. The van der Waals surface area contributed by atoms with Gasteiger partial charge in [0.15, 0.2) is 6.61 Å². The zero-order valence-electron chi connectivity index (χ0n) is 18.6. The number of nitrogens with one attached hydrogen (secondary N) is 1. The Hall–Kier alpha value is -3.81. The normalized spacial score (nSPS) is 12.8. The van der Waals surface area contributed by atoms with Crippen LogP contribution in [-0.4, -0.2) is 31.5 Å². The quantitative estimate of drug-likeness (QED) is 0.356. The van der Waals surface area contributed by atoms with Gasteiger partial charge in [0.2, 0.25) is 5.91 Å². The van der Waals surface area contributed by atoms with Gasteiger partial charge in [-0.15, -0.1) is 0 Å². The molecule has 0 aromatic heterocycles. The summed E-state index contributed by atoms with van der Waals surface area (Å²) in [5, 5.41) is 3.71. The largest absolute Gasteiger partial charge is 0.482 e. The summed E-state index contributed by atoms with van der Waals surface area (Å²) in [6, 6.07) is 16.9. The van der Waals surface area contributed by atoms with E-state index in [2.05, 4.69) is 5.32 Å². The number of carbonyl (C=O) groups is 3. The van der Waals surface area contributed by atoms with E-state index in [9.17, 15) is 14.4 Å². The number of methoxy groups -OCH3 is 1. The van der Waals surface area contributed by atoms with Crippen LogP contribution in [0, 0.1) is 0 Å². The number of anilines is 2. The molecule has 4 rings (SSSR count). The lowest BCUT2D eigenvalue weighted by Gasteiger charge is -2.30. The minimum Gasteiger partial charge on any atom is -0.482 e. The highest BCUT2D eigenvalue weighted by Crippen LogP contribution is 2.35. The van der Waals surface area contributed by atoms with E-state index in [0.29, 0.717) is 38.3 Å². The Balaban J connectivity index is 1.53. The average molecular weight is 511 g/mol. The Kier molecular flexibility index (Phi) is 7.39.